The summed E-state index contributed by atoms with van der Waals surface area (Å²) in [5, 5.41) is 10.7. The Morgan fingerprint density at radius 1 is 1.04 bits per heavy atom. The smallest absolute Gasteiger partial charge is 0.233 e. The van der Waals surface area contributed by atoms with Crippen molar-refractivity contribution in [2.24, 2.45) is 0 Å². The molecule has 2 N–H and O–H groups in total. The van der Waals surface area contributed by atoms with Crippen molar-refractivity contribution >= 4 is 23.8 Å². The molecule has 0 aliphatic heterocycles. The fourth-order valence-electron chi connectivity index (χ4n) is 2.44. The fraction of sp³-hybridized carbons (Fsp3) is 0.158. The van der Waals surface area contributed by atoms with E-state index in [0.717, 1.165) is 0 Å². The third-order valence-electron chi connectivity index (χ3n) is 3.65. The molecule has 0 aliphatic rings. The quantitative estimate of drug-likeness (QED) is 0.791. The van der Waals surface area contributed by atoms with Crippen molar-refractivity contribution in [2.75, 3.05) is 0 Å². The third-order valence-corrected chi connectivity index (χ3v) is 5.54. The maximum atomic E-state index is 12.7. The van der Waals surface area contributed by atoms with Crippen LogP contribution in [-0.2, 0) is 10.7 Å². The summed E-state index contributed by atoms with van der Waals surface area (Å²) in [6, 6.07) is 12.0. The van der Waals surface area contributed by atoms with Crippen LogP contribution >= 0.6 is 7.37 Å². The van der Waals surface area contributed by atoms with Gasteiger partial charge in [0.05, 0.1) is 6.16 Å². The highest BCUT2D eigenvalue weighted by Gasteiger charge is 2.23. The Labute approximate surface area is 137 Å². The van der Waals surface area contributed by atoms with E-state index in [-0.39, 0.29) is 11.9 Å². The minimum Gasteiger partial charge on any atom is -0.507 e. The minimum atomic E-state index is -3.52. The van der Waals surface area contributed by atoms with Crippen molar-refractivity contribution in [1.82, 2.24) is 0 Å². The van der Waals surface area contributed by atoms with Crippen molar-refractivity contribution in [3.8, 4) is 5.75 Å². The summed E-state index contributed by atoms with van der Waals surface area (Å²) < 4.78 is 12.7. The first-order chi connectivity index (χ1) is 10.7. The van der Waals surface area contributed by atoms with Crippen LogP contribution in [0.5, 0.6) is 5.75 Å². The molecule has 2 aromatic rings. The molecule has 4 heteroatoms. The van der Waals surface area contributed by atoms with E-state index < -0.39 is 7.37 Å². The number of phenols is 1. The Morgan fingerprint density at radius 2 is 1.52 bits per heavy atom. The Bertz CT molecular complexity index is 772. The summed E-state index contributed by atoms with van der Waals surface area (Å²) in [7, 11) is -3.52. The van der Waals surface area contributed by atoms with E-state index in [1.807, 2.05) is 6.07 Å². The molecule has 0 fully saturated rings. The molecule has 0 aliphatic carbocycles. The Kier molecular flexibility index (Phi) is 4.93. The van der Waals surface area contributed by atoms with E-state index in [2.05, 4.69) is 13.2 Å². The monoisotopic (exact) mass is 328 g/mol. The molecular formula is C19H21O3P. The molecule has 120 valence electrons. The van der Waals surface area contributed by atoms with Gasteiger partial charge in [-0.05, 0) is 54.8 Å². The summed E-state index contributed by atoms with van der Waals surface area (Å²) in [4.78, 5) is 10.4. The Balaban J connectivity index is 2.50. The maximum absolute atomic E-state index is 12.7. The van der Waals surface area contributed by atoms with Crippen LogP contribution in [0.25, 0.3) is 11.1 Å². The second-order valence-electron chi connectivity index (χ2n) is 5.80. The average Bonchev–Trinajstić information content (AvgIpc) is 2.49. The summed E-state index contributed by atoms with van der Waals surface area (Å²) >= 11 is 0. The minimum absolute atomic E-state index is 0.00213. The molecule has 2 aromatic carbocycles. The molecule has 0 spiro atoms. The lowest BCUT2D eigenvalue weighted by molar-refractivity contribution is 0.471. The topological polar surface area (TPSA) is 57.5 Å². The van der Waals surface area contributed by atoms with E-state index in [4.69, 9.17) is 0 Å². The molecule has 2 rings (SSSR count). The first kappa shape index (κ1) is 17.3. The summed E-state index contributed by atoms with van der Waals surface area (Å²) in [5.41, 5.74) is 3.22. The molecule has 0 bridgehead atoms. The van der Waals surface area contributed by atoms with Crippen LogP contribution in [0.3, 0.4) is 0 Å². The van der Waals surface area contributed by atoms with Crippen LogP contribution in [0.1, 0.15) is 30.5 Å². The van der Waals surface area contributed by atoms with Crippen LogP contribution in [0, 0.1) is 0 Å². The first-order valence-corrected chi connectivity index (χ1v) is 9.12. The van der Waals surface area contributed by atoms with E-state index in [1.54, 1.807) is 50.2 Å². The van der Waals surface area contributed by atoms with Gasteiger partial charge < -0.3 is 10.00 Å². The molecule has 3 nitrogen and oxygen atoms in total. The molecule has 1 unspecified atom stereocenters. The van der Waals surface area contributed by atoms with Gasteiger partial charge in [0.2, 0.25) is 7.37 Å². The van der Waals surface area contributed by atoms with Crippen molar-refractivity contribution < 1.29 is 14.6 Å². The number of benzene rings is 2. The molecule has 0 aromatic heterocycles. The largest absolute Gasteiger partial charge is 0.507 e. The SMILES string of the molecule is C=C(C)c1cc(CP(=O)(O)c2ccccc2)cc(C(=C)C)c1O. The lowest BCUT2D eigenvalue weighted by atomic mass is 9.97. The van der Waals surface area contributed by atoms with Crippen molar-refractivity contribution in [1.29, 1.82) is 0 Å². The Hall–Kier alpha value is -2.09. The van der Waals surface area contributed by atoms with Crippen LogP contribution in [0.4, 0.5) is 0 Å². The normalized spacial score (nSPS) is 13.3. The van der Waals surface area contributed by atoms with Gasteiger partial charge in [-0.1, -0.05) is 31.4 Å². The molecule has 0 saturated heterocycles. The lowest BCUT2D eigenvalue weighted by Crippen LogP contribution is -2.06. The van der Waals surface area contributed by atoms with Gasteiger partial charge in [-0.15, -0.1) is 0 Å². The number of phenolic OH excluding ortho intramolecular Hbond substituents is 1. The predicted molar refractivity (Wildman–Crippen MR) is 97.1 cm³/mol. The van der Waals surface area contributed by atoms with Crippen molar-refractivity contribution in [3.63, 3.8) is 0 Å². The van der Waals surface area contributed by atoms with Gasteiger partial charge >= 0.3 is 0 Å². The van der Waals surface area contributed by atoms with Gasteiger partial charge in [0.1, 0.15) is 5.75 Å². The summed E-state index contributed by atoms with van der Waals surface area (Å²) in [6.45, 7) is 11.3. The molecule has 0 saturated carbocycles. The van der Waals surface area contributed by atoms with Gasteiger partial charge in [-0.2, -0.15) is 0 Å². The highest BCUT2D eigenvalue weighted by atomic mass is 31.2. The second kappa shape index (κ2) is 6.57. The number of allylic oxidation sites excluding steroid dienone is 2. The van der Waals surface area contributed by atoms with Gasteiger partial charge in [0, 0.05) is 16.4 Å². The van der Waals surface area contributed by atoms with E-state index >= 15 is 0 Å². The van der Waals surface area contributed by atoms with Gasteiger partial charge in [0.15, 0.2) is 0 Å². The molecule has 23 heavy (non-hydrogen) atoms. The molecule has 1 atom stereocenters. The molecular weight excluding hydrogens is 307 g/mol. The molecule has 0 radical (unpaired) electrons. The first-order valence-electron chi connectivity index (χ1n) is 7.27. The zero-order valence-corrected chi connectivity index (χ0v) is 14.3. The van der Waals surface area contributed by atoms with Crippen molar-refractivity contribution in [2.45, 2.75) is 20.0 Å². The van der Waals surface area contributed by atoms with Crippen LogP contribution in [0.2, 0.25) is 0 Å². The standard InChI is InChI=1S/C19H21O3P/c1-13(2)17-10-15(11-18(14(3)4)19(17)20)12-23(21,22)16-8-6-5-7-9-16/h5-11,20H,1,3,12H2,2,4H3,(H,21,22). The molecule has 0 amide bonds. The predicted octanol–water partition coefficient (Wildman–Crippen LogP) is 4.55. The zero-order valence-electron chi connectivity index (χ0n) is 13.4. The average molecular weight is 328 g/mol. The van der Waals surface area contributed by atoms with Gasteiger partial charge in [-0.25, -0.2) is 0 Å². The van der Waals surface area contributed by atoms with Crippen LogP contribution in [-0.4, -0.2) is 10.00 Å². The van der Waals surface area contributed by atoms with Crippen LogP contribution < -0.4 is 5.30 Å². The second-order valence-corrected chi connectivity index (χ2v) is 8.03. The van der Waals surface area contributed by atoms with E-state index in [1.165, 1.54) is 0 Å². The van der Waals surface area contributed by atoms with E-state index in [9.17, 15) is 14.6 Å². The van der Waals surface area contributed by atoms with Crippen LogP contribution in [0.15, 0.2) is 55.6 Å². The summed E-state index contributed by atoms with van der Waals surface area (Å²) in [6.07, 6.45) is -0.00213. The zero-order chi connectivity index (χ0) is 17.2. The van der Waals surface area contributed by atoms with E-state index in [0.29, 0.717) is 33.1 Å². The Morgan fingerprint density at radius 3 is 1.96 bits per heavy atom. The number of hydrogen-bond acceptors (Lipinski definition) is 2. The highest BCUT2D eigenvalue weighted by Crippen LogP contribution is 2.45. The fourth-order valence-corrected chi connectivity index (χ4v) is 3.93. The van der Waals surface area contributed by atoms with Gasteiger partial charge in [-0.3, -0.25) is 4.57 Å². The maximum Gasteiger partial charge on any atom is 0.233 e. The van der Waals surface area contributed by atoms with Gasteiger partial charge in [0.25, 0.3) is 0 Å². The summed E-state index contributed by atoms with van der Waals surface area (Å²) in [5.74, 6) is 0.112. The number of rotatable bonds is 5. The number of aromatic hydroxyl groups is 1. The molecule has 0 heterocycles. The third kappa shape index (κ3) is 3.82. The highest BCUT2D eigenvalue weighted by molar-refractivity contribution is 7.65. The number of hydrogen-bond donors (Lipinski definition) is 2. The van der Waals surface area contributed by atoms with Crippen molar-refractivity contribution in [3.05, 3.63) is 72.3 Å². The lowest BCUT2D eigenvalue weighted by Gasteiger charge is -2.16.